The Morgan fingerprint density at radius 2 is 1.88 bits per heavy atom. The number of nitro groups is 1. The van der Waals surface area contributed by atoms with Crippen LogP contribution in [0.15, 0.2) is 12.1 Å². The zero-order valence-corrected chi connectivity index (χ0v) is 15.9. The van der Waals surface area contributed by atoms with E-state index in [0.29, 0.717) is 0 Å². The Bertz CT molecular complexity index is 696. The van der Waals surface area contributed by atoms with Crippen molar-refractivity contribution in [2.45, 2.75) is 33.2 Å². The van der Waals surface area contributed by atoms with Crippen LogP contribution in [0, 0.1) is 10.1 Å². The summed E-state index contributed by atoms with van der Waals surface area (Å²) in [5, 5.41) is 14.1. The standard InChI is InChI=1S/C17H25N3O6/c1-7-26-14-9-12(20(23)24)11(8-13(14)25-6)16(22)19(5)10-15(21)18-17(2,3)4/h8-9H,7,10H2,1-6H3,(H,18,21). The van der Waals surface area contributed by atoms with E-state index in [4.69, 9.17) is 9.47 Å². The van der Waals surface area contributed by atoms with Gasteiger partial charge in [0.1, 0.15) is 5.56 Å². The van der Waals surface area contributed by atoms with Crippen LogP contribution in [0.2, 0.25) is 0 Å². The Hall–Kier alpha value is -2.84. The molecule has 1 aromatic rings. The molecule has 0 radical (unpaired) electrons. The maximum Gasteiger partial charge on any atom is 0.286 e. The van der Waals surface area contributed by atoms with Crippen LogP contribution < -0.4 is 14.8 Å². The molecule has 0 aromatic heterocycles. The number of likely N-dealkylation sites (N-methyl/N-ethyl adjacent to an activating group) is 1. The smallest absolute Gasteiger partial charge is 0.286 e. The monoisotopic (exact) mass is 367 g/mol. The number of amides is 2. The summed E-state index contributed by atoms with van der Waals surface area (Å²) in [6.07, 6.45) is 0. The SMILES string of the molecule is CCOc1cc([N+](=O)[O-])c(C(=O)N(C)CC(=O)NC(C)(C)C)cc1OC. The fraction of sp³-hybridized carbons (Fsp3) is 0.529. The minimum absolute atomic E-state index is 0.173. The molecule has 26 heavy (non-hydrogen) atoms. The first kappa shape index (κ1) is 21.2. The van der Waals surface area contributed by atoms with Gasteiger partial charge in [0.2, 0.25) is 5.91 Å². The summed E-state index contributed by atoms with van der Waals surface area (Å²) >= 11 is 0. The Morgan fingerprint density at radius 3 is 2.35 bits per heavy atom. The molecule has 0 saturated carbocycles. The molecule has 1 N–H and O–H groups in total. The van der Waals surface area contributed by atoms with E-state index in [0.717, 1.165) is 11.0 Å². The van der Waals surface area contributed by atoms with Crippen molar-refractivity contribution in [1.29, 1.82) is 0 Å². The summed E-state index contributed by atoms with van der Waals surface area (Å²) in [7, 11) is 2.77. The van der Waals surface area contributed by atoms with Gasteiger partial charge in [-0.05, 0) is 27.7 Å². The number of nitro benzene ring substituents is 1. The molecule has 9 nitrogen and oxygen atoms in total. The van der Waals surface area contributed by atoms with Crippen molar-refractivity contribution < 1.29 is 24.0 Å². The van der Waals surface area contributed by atoms with Crippen molar-refractivity contribution in [3.8, 4) is 11.5 Å². The van der Waals surface area contributed by atoms with Crippen LogP contribution in [0.1, 0.15) is 38.1 Å². The maximum atomic E-state index is 12.7. The van der Waals surface area contributed by atoms with Gasteiger partial charge < -0.3 is 19.7 Å². The molecule has 1 aromatic carbocycles. The molecule has 0 heterocycles. The maximum absolute atomic E-state index is 12.7. The van der Waals surface area contributed by atoms with Crippen molar-refractivity contribution in [3.63, 3.8) is 0 Å². The lowest BCUT2D eigenvalue weighted by Gasteiger charge is -2.23. The Kier molecular flexibility index (Phi) is 6.93. The molecule has 0 aliphatic heterocycles. The van der Waals surface area contributed by atoms with E-state index in [-0.39, 0.29) is 36.1 Å². The molecule has 9 heteroatoms. The minimum Gasteiger partial charge on any atom is -0.493 e. The molecular weight excluding hydrogens is 342 g/mol. The molecule has 0 aliphatic carbocycles. The predicted molar refractivity (Wildman–Crippen MR) is 95.7 cm³/mol. The van der Waals surface area contributed by atoms with Gasteiger partial charge in [-0.2, -0.15) is 0 Å². The lowest BCUT2D eigenvalue weighted by molar-refractivity contribution is -0.385. The van der Waals surface area contributed by atoms with Gasteiger partial charge in [-0.3, -0.25) is 19.7 Å². The third kappa shape index (κ3) is 5.61. The topological polar surface area (TPSA) is 111 Å². The number of benzene rings is 1. The largest absolute Gasteiger partial charge is 0.493 e. The van der Waals surface area contributed by atoms with Crippen LogP contribution in [0.5, 0.6) is 11.5 Å². The van der Waals surface area contributed by atoms with Crippen molar-refractivity contribution in [2.75, 3.05) is 27.3 Å². The van der Waals surface area contributed by atoms with E-state index < -0.39 is 22.1 Å². The quantitative estimate of drug-likeness (QED) is 0.583. The number of carbonyl (C=O) groups excluding carboxylic acids is 2. The second-order valence-corrected chi connectivity index (χ2v) is 6.67. The van der Waals surface area contributed by atoms with Gasteiger partial charge in [0, 0.05) is 18.7 Å². The minimum atomic E-state index is -0.668. The molecule has 1 rings (SSSR count). The predicted octanol–water partition coefficient (Wildman–Crippen LogP) is 1.99. The zero-order chi connectivity index (χ0) is 20.1. The van der Waals surface area contributed by atoms with Crippen LogP contribution in [0.3, 0.4) is 0 Å². The molecule has 144 valence electrons. The average molecular weight is 367 g/mol. The molecule has 0 aliphatic rings. The number of carbonyl (C=O) groups is 2. The average Bonchev–Trinajstić information content (AvgIpc) is 2.51. The fourth-order valence-electron chi connectivity index (χ4n) is 2.25. The van der Waals surface area contributed by atoms with Crippen LogP contribution >= 0.6 is 0 Å². The lowest BCUT2D eigenvalue weighted by Crippen LogP contribution is -2.46. The highest BCUT2D eigenvalue weighted by Crippen LogP contribution is 2.35. The summed E-state index contributed by atoms with van der Waals surface area (Å²) in [5.41, 5.74) is -1.04. The number of methoxy groups -OCH3 is 1. The Balaban J connectivity index is 3.17. The summed E-state index contributed by atoms with van der Waals surface area (Å²) in [5.74, 6) is -0.657. The van der Waals surface area contributed by atoms with Gasteiger partial charge >= 0.3 is 0 Å². The van der Waals surface area contributed by atoms with E-state index in [1.165, 1.54) is 20.2 Å². The molecule has 0 spiro atoms. The third-order valence-electron chi connectivity index (χ3n) is 3.25. The third-order valence-corrected chi connectivity index (χ3v) is 3.25. The van der Waals surface area contributed by atoms with E-state index in [9.17, 15) is 19.7 Å². The van der Waals surface area contributed by atoms with Crippen molar-refractivity contribution >= 4 is 17.5 Å². The number of hydrogen-bond acceptors (Lipinski definition) is 6. The molecule has 0 atom stereocenters. The van der Waals surface area contributed by atoms with Gasteiger partial charge in [0.25, 0.3) is 11.6 Å². The number of ether oxygens (including phenoxy) is 2. The van der Waals surface area contributed by atoms with Crippen LogP contribution in [-0.4, -0.2) is 54.5 Å². The molecule has 0 unspecified atom stereocenters. The van der Waals surface area contributed by atoms with Gasteiger partial charge in [0.05, 0.1) is 31.3 Å². The van der Waals surface area contributed by atoms with Crippen LogP contribution in [-0.2, 0) is 4.79 Å². The van der Waals surface area contributed by atoms with Gasteiger partial charge in [-0.1, -0.05) is 0 Å². The van der Waals surface area contributed by atoms with Crippen molar-refractivity contribution in [1.82, 2.24) is 10.2 Å². The first-order valence-electron chi connectivity index (χ1n) is 8.05. The number of nitrogens with one attached hydrogen (secondary N) is 1. The number of rotatable bonds is 7. The van der Waals surface area contributed by atoms with Gasteiger partial charge in [-0.15, -0.1) is 0 Å². The van der Waals surface area contributed by atoms with Gasteiger partial charge in [0.15, 0.2) is 11.5 Å². The summed E-state index contributed by atoms with van der Waals surface area (Å²) in [6.45, 7) is 7.22. The number of nitrogens with zero attached hydrogens (tertiary/aromatic N) is 2. The van der Waals surface area contributed by atoms with E-state index in [1.807, 2.05) is 20.8 Å². The van der Waals surface area contributed by atoms with Gasteiger partial charge in [-0.25, -0.2) is 0 Å². The van der Waals surface area contributed by atoms with Crippen LogP contribution in [0.4, 0.5) is 5.69 Å². The molecule has 0 bridgehead atoms. The highest BCUT2D eigenvalue weighted by Gasteiger charge is 2.28. The highest BCUT2D eigenvalue weighted by atomic mass is 16.6. The second kappa shape index (κ2) is 8.50. The van der Waals surface area contributed by atoms with Crippen molar-refractivity contribution in [2.24, 2.45) is 0 Å². The fourth-order valence-corrected chi connectivity index (χ4v) is 2.25. The van der Waals surface area contributed by atoms with E-state index in [1.54, 1.807) is 6.92 Å². The summed E-state index contributed by atoms with van der Waals surface area (Å²) in [6, 6.07) is 2.41. The van der Waals surface area contributed by atoms with E-state index >= 15 is 0 Å². The normalized spacial score (nSPS) is 10.8. The molecule has 0 fully saturated rings. The molecular formula is C17H25N3O6. The van der Waals surface area contributed by atoms with E-state index in [2.05, 4.69) is 5.32 Å². The lowest BCUT2D eigenvalue weighted by atomic mass is 10.1. The zero-order valence-electron chi connectivity index (χ0n) is 15.9. The molecule has 0 saturated heterocycles. The number of hydrogen-bond donors (Lipinski definition) is 1. The van der Waals surface area contributed by atoms with Crippen molar-refractivity contribution in [3.05, 3.63) is 27.8 Å². The Morgan fingerprint density at radius 1 is 1.27 bits per heavy atom. The first-order chi connectivity index (χ1) is 12.0. The summed E-state index contributed by atoms with van der Waals surface area (Å²) < 4.78 is 10.5. The molecule has 2 amide bonds. The highest BCUT2D eigenvalue weighted by molar-refractivity contribution is 6.00. The first-order valence-corrected chi connectivity index (χ1v) is 8.05. The second-order valence-electron chi connectivity index (χ2n) is 6.67. The Labute approximate surface area is 152 Å². The summed E-state index contributed by atoms with van der Waals surface area (Å²) in [4.78, 5) is 36.5. The van der Waals surface area contributed by atoms with Crippen LogP contribution in [0.25, 0.3) is 0 Å².